The van der Waals surface area contributed by atoms with Gasteiger partial charge >= 0.3 is 6.03 Å². The summed E-state index contributed by atoms with van der Waals surface area (Å²) in [5, 5.41) is 6.98. The van der Waals surface area contributed by atoms with Crippen molar-refractivity contribution in [1.29, 1.82) is 0 Å². The molecule has 3 heterocycles. The lowest BCUT2D eigenvalue weighted by atomic mass is 9.94. The number of nitrogens with zero attached hydrogens (tertiary/aromatic N) is 3. The van der Waals surface area contributed by atoms with E-state index < -0.39 is 17.9 Å². The van der Waals surface area contributed by atoms with Crippen molar-refractivity contribution < 1.29 is 27.6 Å². The third-order valence-corrected chi connectivity index (χ3v) is 6.04. The van der Waals surface area contributed by atoms with Crippen molar-refractivity contribution >= 4 is 17.3 Å². The third-order valence-electron chi connectivity index (χ3n) is 6.04. The maximum absolute atomic E-state index is 14.1. The fourth-order valence-corrected chi connectivity index (χ4v) is 4.34. The summed E-state index contributed by atoms with van der Waals surface area (Å²) < 4.78 is 44.0. The molecule has 8 nitrogen and oxygen atoms in total. The molecule has 6 rings (SSSR count). The smallest absolute Gasteiger partial charge is 0.327 e. The van der Waals surface area contributed by atoms with Crippen molar-refractivity contribution in [3.05, 3.63) is 95.5 Å². The summed E-state index contributed by atoms with van der Waals surface area (Å²) in [5.41, 5.74) is 2.58. The molecule has 180 valence electrons. The van der Waals surface area contributed by atoms with Gasteiger partial charge in [-0.2, -0.15) is 4.98 Å². The van der Waals surface area contributed by atoms with Crippen LogP contribution in [-0.4, -0.2) is 23.0 Å². The minimum atomic E-state index is -0.764. The highest BCUT2D eigenvalue weighted by Gasteiger charge is 2.37. The van der Waals surface area contributed by atoms with Crippen LogP contribution in [0.15, 0.2) is 77.0 Å². The van der Waals surface area contributed by atoms with Gasteiger partial charge in [0.25, 0.3) is 5.89 Å². The van der Waals surface area contributed by atoms with Crippen LogP contribution in [0.5, 0.6) is 11.5 Å². The number of ether oxygens (including phenoxy) is 2. The number of amides is 2. The van der Waals surface area contributed by atoms with Crippen LogP contribution in [-0.2, 0) is 0 Å². The number of rotatable bonds is 4. The molecule has 1 aromatic heterocycles. The van der Waals surface area contributed by atoms with Gasteiger partial charge < -0.3 is 19.3 Å². The highest BCUT2D eigenvalue weighted by atomic mass is 19.1. The first-order valence-electron chi connectivity index (χ1n) is 11.0. The molecule has 0 saturated carbocycles. The fraction of sp³-hybridized carbons (Fsp3) is 0.115. The Bertz CT molecular complexity index is 1520. The molecule has 4 aromatic rings. The normalized spacial score (nSPS) is 16.9. The Kier molecular flexibility index (Phi) is 5.14. The minimum Gasteiger partial charge on any atom is -0.454 e. The second-order valence-corrected chi connectivity index (χ2v) is 8.24. The zero-order chi connectivity index (χ0) is 24.8. The van der Waals surface area contributed by atoms with Crippen LogP contribution in [0.1, 0.15) is 24.4 Å². The topological polar surface area (TPSA) is 89.7 Å². The number of halogens is 2. The molecule has 0 bridgehead atoms. The molecular formula is C26H18F2N4O4. The van der Waals surface area contributed by atoms with Gasteiger partial charge in [0.2, 0.25) is 12.6 Å². The van der Waals surface area contributed by atoms with Crippen molar-refractivity contribution in [3.63, 3.8) is 0 Å². The van der Waals surface area contributed by atoms with Crippen molar-refractivity contribution in [2.45, 2.75) is 13.0 Å². The SMILES string of the molecule is CC1=C(c2nc(-c3ccc(F)cc3)no2)C(c2cccc(F)c2)NC(=O)N1c1ccc2c(c1)OCO2. The van der Waals surface area contributed by atoms with Crippen LogP contribution in [0.4, 0.5) is 19.3 Å². The number of aromatic nitrogens is 2. The van der Waals surface area contributed by atoms with E-state index in [1.165, 1.54) is 41.3 Å². The van der Waals surface area contributed by atoms with E-state index in [1.807, 2.05) is 0 Å². The van der Waals surface area contributed by atoms with Crippen molar-refractivity contribution in [2.24, 2.45) is 0 Å². The van der Waals surface area contributed by atoms with Crippen LogP contribution >= 0.6 is 0 Å². The molecule has 1 unspecified atom stereocenters. The van der Waals surface area contributed by atoms with Crippen molar-refractivity contribution in [1.82, 2.24) is 15.5 Å². The van der Waals surface area contributed by atoms with Crippen LogP contribution in [0, 0.1) is 11.6 Å². The first-order valence-corrected chi connectivity index (χ1v) is 11.0. The lowest BCUT2D eigenvalue weighted by molar-refractivity contribution is 0.174. The number of allylic oxidation sites excluding steroid dienone is 1. The highest BCUT2D eigenvalue weighted by Crippen LogP contribution is 2.42. The summed E-state index contributed by atoms with van der Waals surface area (Å²) in [6.07, 6.45) is 0. The lowest BCUT2D eigenvalue weighted by Crippen LogP contribution is -2.46. The number of fused-ring (bicyclic) bond motifs is 1. The van der Waals surface area contributed by atoms with E-state index in [9.17, 15) is 13.6 Å². The first-order chi connectivity index (χ1) is 17.5. The quantitative estimate of drug-likeness (QED) is 0.411. The number of carbonyl (C=O) groups excluding carboxylic acids is 1. The first kappa shape index (κ1) is 21.8. The van der Waals surface area contributed by atoms with E-state index in [0.717, 1.165) is 0 Å². The minimum absolute atomic E-state index is 0.0981. The summed E-state index contributed by atoms with van der Waals surface area (Å²) in [6, 6.07) is 15.6. The Hall–Kier alpha value is -4.73. The number of carbonyl (C=O) groups is 1. The predicted molar refractivity (Wildman–Crippen MR) is 125 cm³/mol. The Morgan fingerprint density at radius 2 is 1.78 bits per heavy atom. The summed E-state index contributed by atoms with van der Waals surface area (Å²) in [4.78, 5) is 19.3. The molecule has 0 aliphatic carbocycles. The molecule has 2 aliphatic heterocycles. The molecule has 2 aliphatic rings. The van der Waals surface area contributed by atoms with E-state index in [-0.39, 0.29) is 24.3 Å². The monoisotopic (exact) mass is 488 g/mol. The lowest BCUT2D eigenvalue weighted by Gasteiger charge is -2.35. The van der Waals surface area contributed by atoms with Crippen molar-refractivity contribution in [3.8, 4) is 22.9 Å². The average molecular weight is 488 g/mol. The van der Waals surface area contributed by atoms with Gasteiger partial charge in [0.15, 0.2) is 11.5 Å². The Balaban J connectivity index is 1.49. The van der Waals surface area contributed by atoms with Gasteiger partial charge in [-0.25, -0.2) is 13.6 Å². The summed E-state index contributed by atoms with van der Waals surface area (Å²) in [5.74, 6) is 0.632. The number of benzene rings is 3. The number of anilines is 1. The zero-order valence-corrected chi connectivity index (χ0v) is 18.9. The van der Waals surface area contributed by atoms with Crippen LogP contribution in [0.25, 0.3) is 17.0 Å². The molecule has 36 heavy (non-hydrogen) atoms. The average Bonchev–Trinajstić information content (AvgIpc) is 3.54. The molecule has 1 N–H and O–H groups in total. The largest absolute Gasteiger partial charge is 0.454 e. The van der Waals surface area contributed by atoms with Gasteiger partial charge in [0.05, 0.1) is 17.3 Å². The Labute approximate surface area is 203 Å². The summed E-state index contributed by atoms with van der Waals surface area (Å²) >= 11 is 0. The fourth-order valence-electron chi connectivity index (χ4n) is 4.34. The molecule has 1 atom stereocenters. The molecule has 0 fully saturated rings. The number of hydrogen-bond acceptors (Lipinski definition) is 6. The molecular weight excluding hydrogens is 470 g/mol. The molecule has 2 amide bonds. The maximum atomic E-state index is 14.1. The second-order valence-electron chi connectivity index (χ2n) is 8.24. The molecule has 10 heteroatoms. The van der Waals surface area contributed by atoms with E-state index in [2.05, 4.69) is 15.5 Å². The summed E-state index contributed by atoms with van der Waals surface area (Å²) in [6.45, 7) is 1.84. The van der Waals surface area contributed by atoms with Gasteiger partial charge in [-0.1, -0.05) is 17.3 Å². The van der Waals surface area contributed by atoms with Gasteiger partial charge in [0, 0.05) is 17.3 Å². The van der Waals surface area contributed by atoms with Crippen LogP contribution in [0.2, 0.25) is 0 Å². The number of nitrogens with one attached hydrogen (secondary N) is 1. The van der Waals surface area contributed by atoms with Crippen molar-refractivity contribution in [2.75, 3.05) is 11.7 Å². The van der Waals surface area contributed by atoms with Crippen LogP contribution < -0.4 is 19.7 Å². The van der Waals surface area contributed by atoms with E-state index in [1.54, 1.807) is 37.3 Å². The third kappa shape index (κ3) is 3.72. The Morgan fingerprint density at radius 1 is 0.972 bits per heavy atom. The van der Waals surface area contributed by atoms with Gasteiger partial charge in [-0.05, 0) is 61.0 Å². The predicted octanol–water partition coefficient (Wildman–Crippen LogP) is 5.45. The summed E-state index contributed by atoms with van der Waals surface area (Å²) in [7, 11) is 0. The second kappa shape index (κ2) is 8.49. The zero-order valence-electron chi connectivity index (χ0n) is 18.9. The number of urea groups is 1. The highest BCUT2D eigenvalue weighted by molar-refractivity contribution is 6.01. The van der Waals surface area contributed by atoms with E-state index >= 15 is 0 Å². The number of hydrogen-bond donors (Lipinski definition) is 1. The van der Waals surface area contributed by atoms with Gasteiger partial charge in [0.1, 0.15) is 11.6 Å². The molecule has 3 aromatic carbocycles. The molecule has 0 spiro atoms. The molecule has 0 saturated heterocycles. The Morgan fingerprint density at radius 3 is 2.58 bits per heavy atom. The molecule has 0 radical (unpaired) electrons. The van der Waals surface area contributed by atoms with Gasteiger partial charge in [-0.15, -0.1) is 0 Å². The van der Waals surface area contributed by atoms with Gasteiger partial charge in [-0.3, -0.25) is 4.90 Å². The standard InChI is InChI=1S/C26H18F2N4O4/c1-14-22(25-30-24(31-36-25)15-5-7-17(27)8-6-15)23(16-3-2-4-18(28)11-16)29-26(33)32(14)19-9-10-20-21(12-19)35-13-34-20/h2-12,23H,13H2,1H3,(H,29,33). The van der Waals surface area contributed by atoms with Crippen LogP contribution in [0.3, 0.4) is 0 Å². The van der Waals surface area contributed by atoms with E-state index in [4.69, 9.17) is 14.0 Å². The maximum Gasteiger partial charge on any atom is 0.327 e. The van der Waals surface area contributed by atoms with E-state index in [0.29, 0.717) is 39.6 Å².